The van der Waals surface area contributed by atoms with Crippen molar-refractivity contribution in [2.24, 2.45) is 5.10 Å². The van der Waals surface area contributed by atoms with Crippen molar-refractivity contribution >= 4 is 18.2 Å². The second-order valence-electron chi connectivity index (χ2n) is 4.55. The van der Waals surface area contributed by atoms with Gasteiger partial charge in [0.15, 0.2) is 0 Å². The van der Waals surface area contributed by atoms with Crippen LogP contribution in [-0.2, 0) is 11.2 Å². The summed E-state index contributed by atoms with van der Waals surface area (Å²) in [5, 5.41) is 8.85. The normalized spacial score (nSPS) is 11.8. The zero-order chi connectivity index (χ0) is 15.1. The summed E-state index contributed by atoms with van der Waals surface area (Å²) in [5.74, 6) is -0.297. The standard InChI is InChI=1S/C15H16N4O2/c1-11(7-12-5-3-2-4-6-12)10-16-18-14(20)8-13-9-15(21)19-17-13/h2-7,9-10H,8H2,1H3,(H,18,20)(H2,17,19,21)/b11-7+,16-10?. The Morgan fingerprint density at radius 1 is 1.29 bits per heavy atom. The van der Waals surface area contributed by atoms with Gasteiger partial charge in [-0.2, -0.15) is 5.10 Å². The van der Waals surface area contributed by atoms with E-state index in [1.165, 1.54) is 6.07 Å². The SMILES string of the molecule is C/C(C=NNC(=O)Cc1cc(=O)[nH][nH]1)=C\c1ccccc1. The van der Waals surface area contributed by atoms with E-state index in [9.17, 15) is 9.59 Å². The number of aromatic amines is 2. The second-order valence-corrected chi connectivity index (χ2v) is 4.55. The monoisotopic (exact) mass is 284 g/mol. The molecule has 0 bridgehead atoms. The molecule has 0 saturated carbocycles. The minimum absolute atomic E-state index is 0.0670. The molecule has 21 heavy (non-hydrogen) atoms. The summed E-state index contributed by atoms with van der Waals surface area (Å²) in [6.07, 6.45) is 3.60. The number of hydrogen-bond donors (Lipinski definition) is 3. The molecule has 0 unspecified atom stereocenters. The molecule has 1 heterocycles. The molecule has 0 saturated heterocycles. The molecule has 1 aromatic heterocycles. The largest absolute Gasteiger partial charge is 0.302 e. The first-order valence-corrected chi connectivity index (χ1v) is 6.45. The summed E-state index contributed by atoms with van der Waals surface area (Å²) in [4.78, 5) is 22.5. The number of carbonyl (C=O) groups excluding carboxylic acids is 1. The van der Waals surface area contributed by atoms with Gasteiger partial charge in [0.2, 0.25) is 5.91 Å². The Bertz CT molecular complexity index is 711. The van der Waals surface area contributed by atoms with Gasteiger partial charge in [-0.25, -0.2) is 5.43 Å². The van der Waals surface area contributed by atoms with Crippen LogP contribution in [0.4, 0.5) is 0 Å². The number of nitrogens with zero attached hydrogens (tertiary/aromatic N) is 1. The number of benzene rings is 1. The van der Waals surface area contributed by atoms with Crippen molar-refractivity contribution in [2.75, 3.05) is 0 Å². The van der Waals surface area contributed by atoms with Crippen LogP contribution in [0.15, 0.2) is 51.9 Å². The quantitative estimate of drug-likeness (QED) is 0.573. The summed E-state index contributed by atoms with van der Waals surface area (Å²) >= 11 is 0. The number of hydrazone groups is 1. The predicted octanol–water partition coefficient (Wildman–Crippen LogP) is 1.45. The molecule has 0 aliphatic carbocycles. The van der Waals surface area contributed by atoms with Crippen LogP contribution in [0, 0.1) is 0 Å². The van der Waals surface area contributed by atoms with E-state index < -0.39 is 0 Å². The molecule has 108 valence electrons. The minimum Gasteiger partial charge on any atom is -0.302 e. The minimum atomic E-state index is -0.297. The van der Waals surface area contributed by atoms with Gasteiger partial charge in [-0.05, 0) is 18.1 Å². The number of carbonyl (C=O) groups is 1. The van der Waals surface area contributed by atoms with Gasteiger partial charge in [0, 0.05) is 11.8 Å². The lowest BCUT2D eigenvalue weighted by Crippen LogP contribution is -2.20. The molecule has 0 fully saturated rings. The highest BCUT2D eigenvalue weighted by Crippen LogP contribution is 2.04. The van der Waals surface area contributed by atoms with Gasteiger partial charge in [0.1, 0.15) is 0 Å². The average molecular weight is 284 g/mol. The van der Waals surface area contributed by atoms with Crippen molar-refractivity contribution in [3.63, 3.8) is 0 Å². The van der Waals surface area contributed by atoms with Crippen LogP contribution in [0.5, 0.6) is 0 Å². The van der Waals surface area contributed by atoms with Gasteiger partial charge in [-0.3, -0.25) is 14.7 Å². The first-order chi connectivity index (χ1) is 10.1. The number of nitrogens with one attached hydrogen (secondary N) is 3. The Hall–Kier alpha value is -2.89. The first-order valence-electron chi connectivity index (χ1n) is 6.45. The molecule has 0 spiro atoms. The number of hydrogen-bond acceptors (Lipinski definition) is 3. The highest BCUT2D eigenvalue weighted by molar-refractivity contribution is 5.86. The van der Waals surface area contributed by atoms with E-state index in [4.69, 9.17) is 0 Å². The lowest BCUT2D eigenvalue weighted by molar-refractivity contribution is -0.120. The van der Waals surface area contributed by atoms with Crippen molar-refractivity contribution < 1.29 is 4.79 Å². The van der Waals surface area contributed by atoms with E-state index >= 15 is 0 Å². The van der Waals surface area contributed by atoms with E-state index in [-0.39, 0.29) is 17.9 Å². The summed E-state index contributed by atoms with van der Waals surface area (Å²) in [5.41, 5.74) is 4.65. The fourth-order valence-corrected chi connectivity index (χ4v) is 1.74. The molecule has 6 nitrogen and oxygen atoms in total. The van der Waals surface area contributed by atoms with Crippen molar-refractivity contribution in [1.29, 1.82) is 0 Å². The van der Waals surface area contributed by atoms with E-state index in [0.717, 1.165) is 11.1 Å². The maximum Gasteiger partial charge on any atom is 0.264 e. The number of amides is 1. The highest BCUT2D eigenvalue weighted by Gasteiger charge is 2.03. The van der Waals surface area contributed by atoms with Crippen LogP contribution in [0.25, 0.3) is 6.08 Å². The maximum absolute atomic E-state index is 11.6. The molecular weight excluding hydrogens is 268 g/mol. The van der Waals surface area contributed by atoms with Gasteiger partial charge < -0.3 is 5.10 Å². The topological polar surface area (TPSA) is 90.1 Å². The lowest BCUT2D eigenvalue weighted by Gasteiger charge is -1.98. The summed E-state index contributed by atoms with van der Waals surface area (Å²) in [6.45, 7) is 1.90. The Morgan fingerprint density at radius 3 is 2.71 bits per heavy atom. The average Bonchev–Trinajstić information content (AvgIpc) is 2.85. The van der Waals surface area contributed by atoms with Crippen LogP contribution in [0.3, 0.4) is 0 Å². The molecule has 6 heteroatoms. The molecule has 0 atom stereocenters. The van der Waals surface area contributed by atoms with Gasteiger partial charge >= 0.3 is 0 Å². The van der Waals surface area contributed by atoms with Gasteiger partial charge in [0.25, 0.3) is 5.56 Å². The molecular formula is C15H16N4O2. The zero-order valence-corrected chi connectivity index (χ0v) is 11.6. The summed E-state index contributed by atoms with van der Waals surface area (Å²) in [6, 6.07) is 11.2. The highest BCUT2D eigenvalue weighted by atomic mass is 16.2. The number of allylic oxidation sites excluding steroid dienone is 1. The molecule has 2 aromatic rings. The van der Waals surface area contributed by atoms with Crippen LogP contribution < -0.4 is 11.0 Å². The van der Waals surface area contributed by atoms with Gasteiger partial charge in [-0.1, -0.05) is 36.4 Å². The van der Waals surface area contributed by atoms with E-state index in [1.54, 1.807) is 6.21 Å². The zero-order valence-electron chi connectivity index (χ0n) is 11.6. The van der Waals surface area contributed by atoms with Crippen molar-refractivity contribution in [3.8, 4) is 0 Å². The van der Waals surface area contributed by atoms with Crippen LogP contribution in [0.2, 0.25) is 0 Å². The summed E-state index contributed by atoms with van der Waals surface area (Å²) in [7, 11) is 0. The molecule has 0 aliphatic heterocycles. The number of H-pyrrole nitrogens is 2. The molecule has 1 amide bonds. The maximum atomic E-state index is 11.6. The molecule has 3 N–H and O–H groups in total. The van der Waals surface area contributed by atoms with E-state index in [0.29, 0.717) is 5.69 Å². The van der Waals surface area contributed by atoms with Crippen LogP contribution >= 0.6 is 0 Å². The predicted molar refractivity (Wildman–Crippen MR) is 81.8 cm³/mol. The van der Waals surface area contributed by atoms with Crippen LogP contribution in [0.1, 0.15) is 18.2 Å². The third-order valence-electron chi connectivity index (χ3n) is 2.65. The third-order valence-corrected chi connectivity index (χ3v) is 2.65. The molecule has 2 rings (SSSR count). The molecule has 0 radical (unpaired) electrons. The number of rotatable bonds is 5. The number of aromatic nitrogens is 2. The lowest BCUT2D eigenvalue weighted by atomic mass is 10.1. The van der Waals surface area contributed by atoms with Crippen molar-refractivity contribution in [1.82, 2.24) is 15.6 Å². The second kappa shape index (κ2) is 7.04. The Balaban J connectivity index is 1.85. The Kier molecular flexibility index (Phi) is 4.87. The van der Waals surface area contributed by atoms with Gasteiger partial charge in [-0.15, -0.1) is 0 Å². The van der Waals surface area contributed by atoms with Crippen LogP contribution in [-0.4, -0.2) is 22.3 Å². The van der Waals surface area contributed by atoms with Crippen molar-refractivity contribution in [3.05, 3.63) is 63.6 Å². The van der Waals surface area contributed by atoms with Crippen molar-refractivity contribution in [2.45, 2.75) is 13.3 Å². The smallest absolute Gasteiger partial charge is 0.264 e. The Labute approximate surface area is 121 Å². The fourth-order valence-electron chi connectivity index (χ4n) is 1.74. The molecule has 1 aromatic carbocycles. The van der Waals surface area contributed by atoms with E-state index in [2.05, 4.69) is 20.7 Å². The first kappa shape index (κ1) is 14.5. The molecule has 0 aliphatic rings. The Morgan fingerprint density at radius 2 is 2.05 bits per heavy atom. The van der Waals surface area contributed by atoms with E-state index in [1.807, 2.05) is 43.3 Å². The van der Waals surface area contributed by atoms with Gasteiger partial charge in [0.05, 0.1) is 12.6 Å². The fraction of sp³-hybridized carbons (Fsp3) is 0.133. The third kappa shape index (κ3) is 4.94. The summed E-state index contributed by atoms with van der Waals surface area (Å²) < 4.78 is 0.